The van der Waals surface area contributed by atoms with Crippen LogP contribution in [0.5, 0.6) is 5.75 Å². The van der Waals surface area contributed by atoms with E-state index in [0.717, 1.165) is 0 Å². The van der Waals surface area contributed by atoms with Gasteiger partial charge in [-0.1, -0.05) is 11.6 Å². The quantitative estimate of drug-likeness (QED) is 0.667. The maximum atomic E-state index is 13.2. The average Bonchev–Trinajstić information content (AvgIpc) is 2.08. The molecule has 0 radical (unpaired) electrons. The summed E-state index contributed by atoms with van der Waals surface area (Å²) in [4.78, 5) is 0. The Morgan fingerprint density at radius 1 is 1.40 bits per heavy atom. The summed E-state index contributed by atoms with van der Waals surface area (Å²) in [6, 6.07) is 0.538. The zero-order valence-electron chi connectivity index (χ0n) is 6.97. The monoisotopic (exact) mass is 276 g/mol. The van der Waals surface area contributed by atoms with Crippen LogP contribution in [0.3, 0.4) is 0 Å². The Hall–Kier alpha value is -0.590. The van der Waals surface area contributed by atoms with Gasteiger partial charge in [-0.2, -0.15) is 0 Å². The third-order valence-corrected chi connectivity index (χ3v) is 2.79. The molecule has 0 unspecified atom stereocenters. The van der Waals surface area contributed by atoms with Crippen molar-refractivity contribution in [3.8, 4) is 5.75 Å². The Labute approximate surface area is 93.7 Å². The molecule has 1 aromatic rings. The van der Waals surface area contributed by atoms with Crippen LogP contribution < -0.4 is 0 Å². The van der Waals surface area contributed by atoms with Crippen LogP contribution in [0.25, 0.3) is 0 Å². The molecule has 0 saturated carbocycles. The van der Waals surface area contributed by atoms with Crippen molar-refractivity contribution in [1.29, 1.82) is 0 Å². The average molecular weight is 277 g/mol. The van der Waals surface area contributed by atoms with Crippen LogP contribution in [0.4, 0.5) is 8.78 Å². The first kappa shape index (κ1) is 12.5. The maximum absolute atomic E-state index is 13.2. The second-order valence-corrected chi connectivity index (χ2v) is 5.85. The number of benzene rings is 1. The SMILES string of the molecule is O=S(=O)(Cl)Cc1c(O)c(F)cc(Cl)c1F. The fraction of sp³-hybridized carbons (Fsp3) is 0.143. The molecule has 1 N–H and O–H groups in total. The number of aromatic hydroxyl groups is 1. The number of hydrogen-bond acceptors (Lipinski definition) is 3. The van der Waals surface area contributed by atoms with Gasteiger partial charge in [0.05, 0.1) is 16.3 Å². The molecule has 0 aliphatic carbocycles. The van der Waals surface area contributed by atoms with Gasteiger partial charge in [0.2, 0.25) is 9.05 Å². The second-order valence-electron chi connectivity index (χ2n) is 2.66. The van der Waals surface area contributed by atoms with Gasteiger partial charge < -0.3 is 5.11 Å². The van der Waals surface area contributed by atoms with E-state index < -0.39 is 42.8 Å². The molecule has 8 heteroatoms. The number of phenols is 1. The molecule has 1 aromatic carbocycles. The van der Waals surface area contributed by atoms with Crippen LogP contribution in [0.2, 0.25) is 5.02 Å². The summed E-state index contributed by atoms with van der Waals surface area (Å²) in [5, 5.41) is 8.44. The predicted molar refractivity (Wildman–Crippen MR) is 51.5 cm³/mol. The van der Waals surface area contributed by atoms with Crippen molar-refractivity contribution >= 4 is 31.3 Å². The van der Waals surface area contributed by atoms with Crippen molar-refractivity contribution < 1.29 is 22.3 Å². The van der Waals surface area contributed by atoms with Crippen LogP contribution in [0.1, 0.15) is 5.56 Å². The standard InChI is InChI=1S/C7H4Cl2F2O3S/c8-4-1-5(10)7(12)3(6(4)11)2-15(9,13)14/h1,12H,2H2. The Bertz CT molecular complexity index is 475. The van der Waals surface area contributed by atoms with Gasteiger partial charge >= 0.3 is 0 Å². The van der Waals surface area contributed by atoms with Gasteiger partial charge in [0.1, 0.15) is 5.82 Å². The molecule has 0 spiro atoms. The van der Waals surface area contributed by atoms with Crippen LogP contribution >= 0.6 is 22.3 Å². The van der Waals surface area contributed by atoms with Crippen molar-refractivity contribution in [1.82, 2.24) is 0 Å². The summed E-state index contributed by atoms with van der Waals surface area (Å²) in [7, 11) is 0.736. The van der Waals surface area contributed by atoms with Gasteiger partial charge in [-0.15, -0.1) is 0 Å². The van der Waals surface area contributed by atoms with Crippen LogP contribution in [-0.4, -0.2) is 13.5 Å². The van der Waals surface area contributed by atoms with Crippen molar-refractivity contribution in [3.63, 3.8) is 0 Å². The summed E-state index contributed by atoms with van der Waals surface area (Å²) in [5.41, 5.74) is -0.782. The Morgan fingerprint density at radius 3 is 2.40 bits per heavy atom. The summed E-state index contributed by atoms with van der Waals surface area (Å²) < 4.78 is 47.3. The summed E-state index contributed by atoms with van der Waals surface area (Å²) in [6.07, 6.45) is 0. The third kappa shape index (κ3) is 2.93. The first-order valence-corrected chi connectivity index (χ1v) is 6.35. The Kier molecular flexibility index (Phi) is 3.42. The first-order valence-electron chi connectivity index (χ1n) is 3.50. The maximum Gasteiger partial charge on any atom is 0.237 e. The number of phenolic OH excluding ortho intramolecular Hbond substituents is 1. The van der Waals surface area contributed by atoms with Gasteiger partial charge in [-0.05, 0) is 6.07 Å². The van der Waals surface area contributed by atoms with E-state index in [1.54, 1.807) is 0 Å². The predicted octanol–water partition coefficient (Wildman–Crippen LogP) is 2.39. The molecule has 0 aliphatic rings. The number of rotatable bonds is 2. The smallest absolute Gasteiger partial charge is 0.237 e. The van der Waals surface area contributed by atoms with Gasteiger partial charge in [-0.25, -0.2) is 17.2 Å². The molecule has 0 saturated heterocycles. The molecule has 84 valence electrons. The molecule has 0 atom stereocenters. The Morgan fingerprint density at radius 2 is 1.93 bits per heavy atom. The number of halogens is 4. The van der Waals surface area contributed by atoms with E-state index in [2.05, 4.69) is 0 Å². The van der Waals surface area contributed by atoms with Gasteiger partial charge in [0, 0.05) is 10.7 Å². The lowest BCUT2D eigenvalue weighted by molar-refractivity contribution is 0.420. The van der Waals surface area contributed by atoms with Crippen molar-refractivity contribution in [2.75, 3.05) is 0 Å². The van der Waals surface area contributed by atoms with Gasteiger partial charge in [0.15, 0.2) is 11.6 Å². The second kappa shape index (κ2) is 4.11. The molecule has 0 heterocycles. The largest absolute Gasteiger partial charge is 0.505 e. The summed E-state index contributed by atoms with van der Waals surface area (Å²) in [5.74, 6) is -4.57. The molecule has 0 aliphatic heterocycles. The van der Waals surface area contributed by atoms with E-state index in [-0.39, 0.29) is 0 Å². The Balaban J connectivity index is 3.40. The third-order valence-electron chi connectivity index (χ3n) is 1.56. The lowest BCUT2D eigenvalue weighted by atomic mass is 10.2. The van der Waals surface area contributed by atoms with E-state index in [1.165, 1.54) is 0 Å². The minimum absolute atomic E-state index is 0.538. The van der Waals surface area contributed by atoms with E-state index in [4.69, 9.17) is 27.4 Å². The minimum Gasteiger partial charge on any atom is -0.505 e. The van der Waals surface area contributed by atoms with E-state index >= 15 is 0 Å². The number of hydrogen-bond donors (Lipinski definition) is 1. The molecule has 0 bridgehead atoms. The van der Waals surface area contributed by atoms with Gasteiger partial charge in [-0.3, -0.25) is 0 Å². The zero-order chi connectivity index (χ0) is 11.8. The molecule has 0 amide bonds. The first-order chi connectivity index (χ1) is 6.72. The van der Waals surface area contributed by atoms with E-state index in [9.17, 15) is 17.2 Å². The highest BCUT2D eigenvalue weighted by atomic mass is 35.7. The molecule has 0 aromatic heterocycles. The van der Waals surface area contributed by atoms with E-state index in [0.29, 0.717) is 6.07 Å². The van der Waals surface area contributed by atoms with Crippen molar-refractivity contribution in [3.05, 3.63) is 28.3 Å². The highest BCUT2D eigenvalue weighted by Crippen LogP contribution is 2.31. The highest BCUT2D eigenvalue weighted by molar-refractivity contribution is 8.13. The minimum atomic E-state index is -4.11. The molecule has 0 fully saturated rings. The normalized spacial score (nSPS) is 11.7. The van der Waals surface area contributed by atoms with Gasteiger partial charge in [0.25, 0.3) is 0 Å². The molecular formula is C7H4Cl2F2O3S. The molecule has 3 nitrogen and oxygen atoms in total. The highest BCUT2D eigenvalue weighted by Gasteiger charge is 2.21. The fourth-order valence-electron chi connectivity index (χ4n) is 0.939. The lowest BCUT2D eigenvalue weighted by Gasteiger charge is -2.06. The molecule has 15 heavy (non-hydrogen) atoms. The summed E-state index contributed by atoms with van der Waals surface area (Å²) in [6.45, 7) is 0. The zero-order valence-corrected chi connectivity index (χ0v) is 9.30. The summed E-state index contributed by atoms with van der Waals surface area (Å²) >= 11 is 5.26. The van der Waals surface area contributed by atoms with Crippen LogP contribution in [0, 0.1) is 11.6 Å². The van der Waals surface area contributed by atoms with Crippen molar-refractivity contribution in [2.24, 2.45) is 0 Å². The topological polar surface area (TPSA) is 54.4 Å². The molecular weight excluding hydrogens is 273 g/mol. The van der Waals surface area contributed by atoms with E-state index in [1.807, 2.05) is 0 Å². The van der Waals surface area contributed by atoms with Crippen molar-refractivity contribution in [2.45, 2.75) is 5.75 Å². The van der Waals surface area contributed by atoms with Crippen LogP contribution in [0.15, 0.2) is 6.07 Å². The lowest BCUT2D eigenvalue weighted by Crippen LogP contribution is -2.01. The molecule has 1 rings (SSSR count). The fourth-order valence-corrected chi connectivity index (χ4v) is 2.08. The van der Waals surface area contributed by atoms with Crippen LogP contribution in [-0.2, 0) is 14.8 Å².